The van der Waals surface area contributed by atoms with Gasteiger partial charge in [0.2, 0.25) is 5.91 Å². The van der Waals surface area contributed by atoms with E-state index >= 15 is 0 Å². The van der Waals surface area contributed by atoms with Crippen LogP contribution in [0.2, 0.25) is 0 Å². The minimum atomic E-state index is -0.293. The van der Waals surface area contributed by atoms with Gasteiger partial charge in [-0.15, -0.1) is 0 Å². The van der Waals surface area contributed by atoms with Crippen LogP contribution in [0, 0.1) is 5.92 Å². The Morgan fingerprint density at radius 3 is 2.42 bits per heavy atom. The van der Waals surface area contributed by atoms with Crippen LogP contribution in [0.3, 0.4) is 0 Å². The van der Waals surface area contributed by atoms with E-state index in [1.54, 1.807) is 24.3 Å². The Morgan fingerprint density at radius 1 is 1.12 bits per heavy atom. The number of ketones is 1. The van der Waals surface area contributed by atoms with E-state index in [9.17, 15) is 14.4 Å². The Kier molecular flexibility index (Phi) is 6.97. The zero-order chi connectivity index (χ0) is 17.4. The third kappa shape index (κ3) is 5.80. The lowest BCUT2D eigenvalue weighted by atomic mass is 10.0. The number of ether oxygens (including phenoxy) is 1. The third-order valence-corrected chi connectivity index (χ3v) is 4.26. The topological polar surface area (TPSA) is 72.5 Å². The molecule has 0 bridgehead atoms. The molecule has 24 heavy (non-hydrogen) atoms. The van der Waals surface area contributed by atoms with E-state index in [2.05, 4.69) is 5.32 Å². The van der Waals surface area contributed by atoms with Gasteiger partial charge in [-0.1, -0.05) is 19.8 Å². The molecule has 1 fully saturated rings. The third-order valence-electron chi connectivity index (χ3n) is 4.26. The first-order valence-electron chi connectivity index (χ1n) is 8.67. The van der Waals surface area contributed by atoms with Crippen LogP contribution in [0.15, 0.2) is 24.3 Å². The molecule has 1 aromatic rings. The van der Waals surface area contributed by atoms with Crippen molar-refractivity contribution in [3.05, 3.63) is 29.8 Å². The number of amides is 1. The van der Waals surface area contributed by atoms with Crippen molar-refractivity contribution >= 4 is 23.3 Å². The van der Waals surface area contributed by atoms with Crippen molar-refractivity contribution in [3.63, 3.8) is 0 Å². The summed E-state index contributed by atoms with van der Waals surface area (Å²) >= 11 is 0. The number of benzene rings is 1. The standard InChI is InChI=1S/C19H25NO4/c1-2-5-18(22)20-16-10-8-15(9-11-16)17(21)13-24-19(23)12-14-6-3-4-7-14/h8-11,14H,2-7,12-13H2,1H3,(H,20,22). The average Bonchev–Trinajstić information content (AvgIpc) is 3.06. The number of nitrogens with one attached hydrogen (secondary N) is 1. The van der Waals surface area contributed by atoms with Crippen molar-refractivity contribution in [2.45, 2.75) is 51.9 Å². The van der Waals surface area contributed by atoms with E-state index < -0.39 is 0 Å². The fourth-order valence-corrected chi connectivity index (χ4v) is 2.93. The lowest BCUT2D eigenvalue weighted by Crippen LogP contribution is -2.16. The van der Waals surface area contributed by atoms with Crippen molar-refractivity contribution in [2.75, 3.05) is 11.9 Å². The van der Waals surface area contributed by atoms with E-state index in [-0.39, 0.29) is 24.3 Å². The summed E-state index contributed by atoms with van der Waals surface area (Å²) in [4.78, 5) is 35.3. The molecule has 1 aromatic carbocycles. The number of Topliss-reactive ketones (excluding diaryl/α,β-unsaturated/α-hetero) is 1. The highest BCUT2D eigenvalue weighted by atomic mass is 16.5. The molecule has 0 radical (unpaired) electrons. The second kappa shape index (κ2) is 9.21. The maximum absolute atomic E-state index is 12.1. The molecule has 0 unspecified atom stereocenters. The molecule has 1 amide bonds. The van der Waals surface area contributed by atoms with Gasteiger partial charge < -0.3 is 10.1 Å². The molecule has 0 atom stereocenters. The Hall–Kier alpha value is -2.17. The van der Waals surface area contributed by atoms with Gasteiger partial charge in [0.05, 0.1) is 0 Å². The van der Waals surface area contributed by atoms with Gasteiger partial charge in [-0.25, -0.2) is 0 Å². The van der Waals surface area contributed by atoms with E-state index in [1.807, 2.05) is 6.92 Å². The average molecular weight is 331 g/mol. The molecular formula is C19H25NO4. The lowest BCUT2D eigenvalue weighted by Gasteiger charge is -2.09. The Morgan fingerprint density at radius 2 is 1.79 bits per heavy atom. The predicted octanol–water partition coefficient (Wildman–Crippen LogP) is 3.73. The fraction of sp³-hybridized carbons (Fsp3) is 0.526. The van der Waals surface area contributed by atoms with E-state index in [1.165, 1.54) is 12.8 Å². The number of rotatable bonds is 8. The van der Waals surface area contributed by atoms with E-state index in [0.29, 0.717) is 30.0 Å². The van der Waals surface area contributed by atoms with E-state index in [0.717, 1.165) is 19.3 Å². The first kappa shape index (κ1) is 18.2. The Bertz CT molecular complexity index is 574. The summed E-state index contributed by atoms with van der Waals surface area (Å²) in [6.07, 6.45) is 6.18. The summed E-state index contributed by atoms with van der Waals surface area (Å²) in [5, 5.41) is 2.76. The van der Waals surface area contributed by atoms with Crippen LogP contribution in [0.1, 0.15) is 62.2 Å². The second-order valence-corrected chi connectivity index (χ2v) is 6.31. The minimum Gasteiger partial charge on any atom is -0.457 e. The Labute approximate surface area is 142 Å². The van der Waals surface area contributed by atoms with Gasteiger partial charge >= 0.3 is 5.97 Å². The first-order valence-corrected chi connectivity index (χ1v) is 8.67. The van der Waals surface area contributed by atoms with Crippen molar-refractivity contribution in [3.8, 4) is 0 Å². The normalized spacial score (nSPS) is 14.4. The Balaban J connectivity index is 1.77. The molecule has 1 saturated carbocycles. The zero-order valence-corrected chi connectivity index (χ0v) is 14.2. The molecule has 5 heteroatoms. The number of esters is 1. The molecule has 130 valence electrons. The number of carbonyl (C=O) groups excluding carboxylic acids is 3. The fourth-order valence-electron chi connectivity index (χ4n) is 2.93. The quantitative estimate of drug-likeness (QED) is 0.582. The van der Waals surface area contributed by atoms with E-state index in [4.69, 9.17) is 4.74 Å². The number of hydrogen-bond donors (Lipinski definition) is 1. The van der Waals surface area contributed by atoms with Crippen molar-refractivity contribution in [1.29, 1.82) is 0 Å². The van der Waals surface area contributed by atoms with Crippen LogP contribution in [-0.4, -0.2) is 24.3 Å². The van der Waals surface area contributed by atoms with Crippen LogP contribution in [0.25, 0.3) is 0 Å². The van der Waals surface area contributed by atoms with Gasteiger partial charge in [0.25, 0.3) is 0 Å². The van der Waals surface area contributed by atoms with Gasteiger partial charge in [-0.2, -0.15) is 0 Å². The van der Waals surface area contributed by atoms with Gasteiger partial charge in [0, 0.05) is 24.1 Å². The smallest absolute Gasteiger partial charge is 0.306 e. The van der Waals surface area contributed by atoms with Crippen LogP contribution < -0.4 is 5.32 Å². The SMILES string of the molecule is CCCC(=O)Nc1ccc(C(=O)COC(=O)CC2CCCC2)cc1. The second-order valence-electron chi connectivity index (χ2n) is 6.31. The van der Waals surface area contributed by atoms with Gasteiger partial charge in [-0.05, 0) is 49.4 Å². The number of carbonyl (C=O) groups is 3. The van der Waals surface area contributed by atoms with Crippen LogP contribution in [0.4, 0.5) is 5.69 Å². The molecule has 1 aliphatic carbocycles. The van der Waals surface area contributed by atoms with Gasteiger partial charge in [0.1, 0.15) is 0 Å². The van der Waals surface area contributed by atoms with Crippen LogP contribution >= 0.6 is 0 Å². The lowest BCUT2D eigenvalue weighted by molar-refractivity contribution is -0.143. The van der Waals surface area contributed by atoms with Gasteiger partial charge in [-0.3, -0.25) is 14.4 Å². The molecule has 0 spiro atoms. The summed E-state index contributed by atoms with van der Waals surface area (Å²) in [6, 6.07) is 6.63. The largest absolute Gasteiger partial charge is 0.457 e. The molecule has 2 rings (SSSR count). The first-order chi connectivity index (χ1) is 11.6. The molecular weight excluding hydrogens is 306 g/mol. The molecule has 0 heterocycles. The molecule has 1 N–H and O–H groups in total. The number of hydrogen-bond acceptors (Lipinski definition) is 4. The highest BCUT2D eigenvalue weighted by molar-refractivity contribution is 5.98. The van der Waals surface area contributed by atoms with Crippen molar-refractivity contribution in [2.24, 2.45) is 5.92 Å². The molecule has 0 saturated heterocycles. The minimum absolute atomic E-state index is 0.0441. The number of anilines is 1. The highest BCUT2D eigenvalue weighted by Gasteiger charge is 2.20. The molecule has 0 aliphatic heterocycles. The van der Waals surface area contributed by atoms with Crippen LogP contribution in [0.5, 0.6) is 0 Å². The predicted molar refractivity (Wildman–Crippen MR) is 91.8 cm³/mol. The van der Waals surface area contributed by atoms with Crippen molar-refractivity contribution < 1.29 is 19.1 Å². The highest BCUT2D eigenvalue weighted by Crippen LogP contribution is 2.27. The summed E-state index contributed by atoms with van der Waals surface area (Å²) in [5.41, 5.74) is 1.13. The zero-order valence-electron chi connectivity index (χ0n) is 14.2. The van der Waals surface area contributed by atoms with Gasteiger partial charge in [0.15, 0.2) is 12.4 Å². The van der Waals surface area contributed by atoms with Crippen LogP contribution in [-0.2, 0) is 14.3 Å². The van der Waals surface area contributed by atoms with Crippen molar-refractivity contribution in [1.82, 2.24) is 0 Å². The summed E-state index contributed by atoms with van der Waals surface area (Å²) in [5.74, 6) is -0.157. The molecule has 1 aliphatic rings. The summed E-state index contributed by atoms with van der Waals surface area (Å²) in [6.45, 7) is 1.71. The molecule has 0 aromatic heterocycles. The summed E-state index contributed by atoms with van der Waals surface area (Å²) in [7, 11) is 0. The maximum Gasteiger partial charge on any atom is 0.306 e. The maximum atomic E-state index is 12.1. The summed E-state index contributed by atoms with van der Waals surface area (Å²) < 4.78 is 5.09. The monoisotopic (exact) mass is 331 g/mol. The molecule has 5 nitrogen and oxygen atoms in total.